The molecule has 0 aliphatic heterocycles. The molecule has 0 rings (SSSR count). The van der Waals surface area contributed by atoms with Crippen molar-refractivity contribution in [2.45, 2.75) is 20.3 Å². The van der Waals surface area contributed by atoms with E-state index in [-0.39, 0.29) is 18.2 Å². The summed E-state index contributed by atoms with van der Waals surface area (Å²) in [6, 6.07) is 0. The maximum absolute atomic E-state index is 11.1. The summed E-state index contributed by atoms with van der Waals surface area (Å²) in [6.45, 7) is 3.67. The molecule has 0 aliphatic carbocycles. The standard InChI is InChI=1S/C8H15NO3/c1-5(2)6(4-7(10)11)8(12)9-3/h5-6H,4H2,1-3H3,(H,9,12)(H,10,11). The summed E-state index contributed by atoms with van der Waals surface area (Å²) in [4.78, 5) is 21.5. The lowest BCUT2D eigenvalue weighted by molar-refractivity contribution is -0.141. The smallest absolute Gasteiger partial charge is 0.304 e. The number of carbonyl (C=O) groups is 2. The molecule has 12 heavy (non-hydrogen) atoms. The third-order valence-electron chi connectivity index (χ3n) is 1.78. The van der Waals surface area contributed by atoms with E-state index in [1.165, 1.54) is 7.05 Å². The number of carbonyl (C=O) groups excluding carboxylic acids is 1. The van der Waals surface area contributed by atoms with Crippen LogP contribution < -0.4 is 5.32 Å². The van der Waals surface area contributed by atoms with Crippen molar-refractivity contribution in [3.63, 3.8) is 0 Å². The van der Waals surface area contributed by atoms with Gasteiger partial charge in [-0.25, -0.2) is 0 Å². The lowest BCUT2D eigenvalue weighted by Gasteiger charge is -2.16. The summed E-state index contributed by atoms with van der Waals surface area (Å²) in [5.74, 6) is -1.50. The van der Waals surface area contributed by atoms with Crippen LogP contribution in [0.25, 0.3) is 0 Å². The summed E-state index contributed by atoms with van der Waals surface area (Å²) in [5.41, 5.74) is 0. The van der Waals surface area contributed by atoms with Crippen LogP contribution in [0.15, 0.2) is 0 Å². The fourth-order valence-electron chi connectivity index (χ4n) is 1.00. The molecular weight excluding hydrogens is 158 g/mol. The average Bonchev–Trinajstić information content (AvgIpc) is 1.98. The Morgan fingerprint density at radius 1 is 1.42 bits per heavy atom. The molecule has 0 bridgehead atoms. The van der Waals surface area contributed by atoms with E-state index in [0.29, 0.717) is 0 Å². The van der Waals surface area contributed by atoms with Gasteiger partial charge >= 0.3 is 5.97 Å². The van der Waals surface area contributed by atoms with Crippen molar-refractivity contribution in [1.82, 2.24) is 5.32 Å². The second-order valence-electron chi connectivity index (χ2n) is 3.06. The maximum atomic E-state index is 11.1. The van der Waals surface area contributed by atoms with Crippen LogP contribution in [0, 0.1) is 11.8 Å². The van der Waals surface area contributed by atoms with Crippen molar-refractivity contribution in [1.29, 1.82) is 0 Å². The van der Waals surface area contributed by atoms with Gasteiger partial charge in [-0.15, -0.1) is 0 Å². The minimum atomic E-state index is -0.933. The molecular formula is C8H15NO3. The molecule has 1 amide bonds. The molecule has 0 spiro atoms. The van der Waals surface area contributed by atoms with Gasteiger partial charge in [-0.3, -0.25) is 9.59 Å². The number of carboxylic acids is 1. The van der Waals surface area contributed by atoms with Gasteiger partial charge in [0.1, 0.15) is 0 Å². The monoisotopic (exact) mass is 173 g/mol. The lowest BCUT2D eigenvalue weighted by Crippen LogP contribution is -2.32. The minimum absolute atomic E-state index is 0.0565. The van der Waals surface area contributed by atoms with E-state index < -0.39 is 11.9 Å². The van der Waals surface area contributed by atoms with Crippen LogP contribution >= 0.6 is 0 Å². The summed E-state index contributed by atoms with van der Waals surface area (Å²) in [7, 11) is 1.51. The summed E-state index contributed by atoms with van der Waals surface area (Å²) < 4.78 is 0. The highest BCUT2D eigenvalue weighted by Gasteiger charge is 2.23. The molecule has 4 nitrogen and oxygen atoms in total. The first-order valence-electron chi connectivity index (χ1n) is 3.92. The fraction of sp³-hybridized carbons (Fsp3) is 0.750. The highest BCUT2D eigenvalue weighted by molar-refractivity contribution is 5.83. The third kappa shape index (κ3) is 3.37. The van der Waals surface area contributed by atoms with Crippen molar-refractivity contribution < 1.29 is 14.7 Å². The average molecular weight is 173 g/mol. The first kappa shape index (κ1) is 10.9. The van der Waals surface area contributed by atoms with Crippen LogP contribution in [0.5, 0.6) is 0 Å². The molecule has 0 aromatic heterocycles. The van der Waals surface area contributed by atoms with E-state index in [1.54, 1.807) is 0 Å². The molecule has 0 aromatic rings. The Labute approximate surface area is 72.0 Å². The summed E-state index contributed by atoms with van der Waals surface area (Å²) in [6.07, 6.45) is -0.0999. The minimum Gasteiger partial charge on any atom is -0.481 e. The van der Waals surface area contributed by atoms with Crippen LogP contribution in [-0.4, -0.2) is 24.0 Å². The van der Waals surface area contributed by atoms with Crippen LogP contribution in [0.3, 0.4) is 0 Å². The Balaban J connectivity index is 4.23. The van der Waals surface area contributed by atoms with E-state index in [1.807, 2.05) is 13.8 Å². The number of amides is 1. The normalized spacial score (nSPS) is 12.7. The van der Waals surface area contributed by atoms with Gasteiger partial charge in [-0.2, -0.15) is 0 Å². The largest absolute Gasteiger partial charge is 0.481 e. The van der Waals surface area contributed by atoms with Gasteiger partial charge in [-0.1, -0.05) is 13.8 Å². The Kier molecular flexibility index (Phi) is 4.33. The van der Waals surface area contributed by atoms with E-state index in [2.05, 4.69) is 5.32 Å². The van der Waals surface area contributed by atoms with Crippen LogP contribution in [0.2, 0.25) is 0 Å². The SMILES string of the molecule is CNC(=O)C(CC(=O)O)C(C)C. The van der Waals surface area contributed by atoms with Gasteiger partial charge < -0.3 is 10.4 Å². The molecule has 0 aliphatic rings. The van der Waals surface area contributed by atoms with E-state index in [4.69, 9.17) is 5.11 Å². The summed E-state index contributed by atoms with van der Waals surface area (Å²) >= 11 is 0. The third-order valence-corrected chi connectivity index (χ3v) is 1.78. The van der Waals surface area contributed by atoms with Gasteiger partial charge in [0.15, 0.2) is 0 Å². The predicted molar refractivity (Wildman–Crippen MR) is 44.6 cm³/mol. The molecule has 70 valence electrons. The number of hydrogen-bond donors (Lipinski definition) is 2. The van der Waals surface area contributed by atoms with Crippen LogP contribution in [0.1, 0.15) is 20.3 Å². The molecule has 2 N–H and O–H groups in total. The second kappa shape index (κ2) is 4.74. The zero-order valence-electron chi connectivity index (χ0n) is 7.63. The van der Waals surface area contributed by atoms with E-state index >= 15 is 0 Å². The number of nitrogens with one attached hydrogen (secondary N) is 1. The molecule has 0 saturated carbocycles. The van der Waals surface area contributed by atoms with Gasteiger partial charge in [-0.05, 0) is 5.92 Å². The first-order valence-corrected chi connectivity index (χ1v) is 3.92. The van der Waals surface area contributed by atoms with Crippen molar-refractivity contribution in [2.24, 2.45) is 11.8 Å². The van der Waals surface area contributed by atoms with Gasteiger partial charge in [0.25, 0.3) is 0 Å². The number of hydrogen-bond acceptors (Lipinski definition) is 2. The Morgan fingerprint density at radius 2 is 1.92 bits per heavy atom. The topological polar surface area (TPSA) is 66.4 Å². The maximum Gasteiger partial charge on any atom is 0.304 e. The molecule has 0 aromatic carbocycles. The van der Waals surface area contributed by atoms with Crippen LogP contribution in [-0.2, 0) is 9.59 Å². The van der Waals surface area contributed by atoms with Crippen molar-refractivity contribution in [3.05, 3.63) is 0 Å². The molecule has 0 heterocycles. The molecule has 0 radical (unpaired) electrons. The van der Waals surface area contributed by atoms with E-state index in [9.17, 15) is 9.59 Å². The molecule has 1 atom stereocenters. The number of carboxylic acid groups (broad SMARTS) is 1. The zero-order valence-corrected chi connectivity index (χ0v) is 7.63. The summed E-state index contributed by atoms with van der Waals surface area (Å²) in [5, 5.41) is 10.9. The highest BCUT2D eigenvalue weighted by atomic mass is 16.4. The van der Waals surface area contributed by atoms with Crippen molar-refractivity contribution >= 4 is 11.9 Å². The van der Waals surface area contributed by atoms with Gasteiger partial charge in [0.2, 0.25) is 5.91 Å². The zero-order chi connectivity index (χ0) is 9.72. The molecule has 1 unspecified atom stereocenters. The van der Waals surface area contributed by atoms with Gasteiger partial charge in [0.05, 0.1) is 12.3 Å². The van der Waals surface area contributed by atoms with Crippen LogP contribution in [0.4, 0.5) is 0 Å². The van der Waals surface area contributed by atoms with E-state index in [0.717, 1.165) is 0 Å². The molecule has 0 fully saturated rings. The Morgan fingerprint density at radius 3 is 2.17 bits per heavy atom. The lowest BCUT2D eigenvalue weighted by atomic mass is 9.92. The van der Waals surface area contributed by atoms with Crippen molar-refractivity contribution in [2.75, 3.05) is 7.05 Å². The molecule has 4 heteroatoms. The van der Waals surface area contributed by atoms with Crippen molar-refractivity contribution in [3.8, 4) is 0 Å². The van der Waals surface area contributed by atoms with Gasteiger partial charge in [0, 0.05) is 7.05 Å². The number of rotatable bonds is 4. The molecule has 0 saturated heterocycles. The fourth-order valence-corrected chi connectivity index (χ4v) is 1.00. The Hall–Kier alpha value is -1.06. The predicted octanol–water partition coefficient (Wildman–Crippen LogP) is 0.479. The quantitative estimate of drug-likeness (QED) is 0.649. The first-order chi connectivity index (χ1) is 5.49. The number of aliphatic carboxylic acids is 1. The highest BCUT2D eigenvalue weighted by Crippen LogP contribution is 2.14. The Bertz CT molecular complexity index is 177. The second-order valence-corrected chi connectivity index (χ2v) is 3.06.